The Bertz CT molecular complexity index is 546. The van der Waals surface area contributed by atoms with Gasteiger partial charge in [0.15, 0.2) is 0 Å². The molecule has 0 spiro atoms. The molecular weight excluding hydrogens is 254 g/mol. The number of alkyl halides is 1. The van der Waals surface area contributed by atoms with Gasteiger partial charge in [-0.3, -0.25) is 4.98 Å². The van der Waals surface area contributed by atoms with Crippen LogP contribution < -0.4 is 0 Å². The Kier molecular flexibility index (Phi) is 4.03. The average molecular weight is 274 g/mol. The molecule has 1 aliphatic carbocycles. The largest absolute Gasteiger partial charge is 0.253 e. The van der Waals surface area contributed by atoms with Gasteiger partial charge in [-0.1, -0.05) is 49.9 Å². The van der Waals surface area contributed by atoms with E-state index < -0.39 is 0 Å². The Labute approximate surface area is 120 Å². The molecule has 0 aliphatic heterocycles. The highest BCUT2D eigenvalue weighted by Gasteiger charge is 2.19. The molecule has 2 heteroatoms. The summed E-state index contributed by atoms with van der Waals surface area (Å²) in [6.45, 7) is 0. The summed E-state index contributed by atoms with van der Waals surface area (Å²) in [5.74, 6) is 0.850. The predicted molar refractivity (Wildman–Crippen MR) is 81.7 cm³/mol. The maximum atomic E-state index is 6.51. The molecule has 1 nitrogen and oxygen atoms in total. The normalized spacial score (nSPS) is 17.9. The summed E-state index contributed by atoms with van der Waals surface area (Å²) < 4.78 is 0. The van der Waals surface area contributed by atoms with E-state index in [1.54, 1.807) is 0 Å². The van der Waals surface area contributed by atoms with E-state index in [1.165, 1.54) is 31.1 Å². The van der Waals surface area contributed by atoms with E-state index in [-0.39, 0.29) is 5.38 Å². The standard InChI is InChI=1S/C17H20ClN/c18-15(11-13-5-1-2-6-13)12-16-10-9-14-7-3-4-8-17(14)19-16/h3-4,7-10,13,15H,1-2,5-6,11-12H2. The number of nitrogens with zero attached hydrogens (tertiary/aromatic N) is 1. The van der Waals surface area contributed by atoms with E-state index in [1.807, 2.05) is 12.1 Å². The maximum Gasteiger partial charge on any atom is 0.0705 e. The van der Waals surface area contributed by atoms with Crippen molar-refractivity contribution >= 4 is 22.5 Å². The second-order valence-corrected chi connectivity index (χ2v) is 6.30. The quantitative estimate of drug-likeness (QED) is 0.717. The van der Waals surface area contributed by atoms with Crippen LogP contribution >= 0.6 is 11.6 Å². The Morgan fingerprint density at radius 3 is 2.74 bits per heavy atom. The molecule has 1 fully saturated rings. The molecule has 19 heavy (non-hydrogen) atoms. The number of para-hydroxylation sites is 1. The van der Waals surface area contributed by atoms with Crippen LogP contribution in [0.25, 0.3) is 10.9 Å². The number of pyridine rings is 1. The zero-order valence-electron chi connectivity index (χ0n) is 11.2. The summed E-state index contributed by atoms with van der Waals surface area (Å²) in [6, 6.07) is 12.5. The molecule has 3 rings (SSSR count). The van der Waals surface area contributed by atoms with Crippen LogP contribution in [0.15, 0.2) is 36.4 Å². The lowest BCUT2D eigenvalue weighted by Crippen LogP contribution is -2.10. The maximum absolute atomic E-state index is 6.51. The monoisotopic (exact) mass is 273 g/mol. The highest BCUT2D eigenvalue weighted by Crippen LogP contribution is 2.30. The highest BCUT2D eigenvalue weighted by molar-refractivity contribution is 6.20. The molecule has 1 unspecified atom stereocenters. The summed E-state index contributed by atoms with van der Waals surface area (Å²) in [5.41, 5.74) is 2.20. The minimum Gasteiger partial charge on any atom is -0.253 e. The van der Waals surface area contributed by atoms with Crippen LogP contribution in [0.3, 0.4) is 0 Å². The van der Waals surface area contributed by atoms with Crippen LogP contribution in [0, 0.1) is 5.92 Å². The predicted octanol–water partition coefficient (Wildman–Crippen LogP) is 4.97. The Morgan fingerprint density at radius 2 is 1.89 bits per heavy atom. The zero-order valence-corrected chi connectivity index (χ0v) is 11.9. The van der Waals surface area contributed by atoms with E-state index in [2.05, 4.69) is 24.3 Å². The molecule has 1 aliphatic rings. The van der Waals surface area contributed by atoms with Crippen molar-refractivity contribution < 1.29 is 0 Å². The third kappa shape index (κ3) is 3.27. The van der Waals surface area contributed by atoms with Gasteiger partial charge in [-0.25, -0.2) is 0 Å². The number of hydrogen-bond donors (Lipinski definition) is 0. The fourth-order valence-corrected chi connectivity index (χ4v) is 3.55. The minimum atomic E-state index is 0.233. The number of aromatic nitrogens is 1. The molecule has 1 aromatic carbocycles. The molecule has 0 amide bonds. The first kappa shape index (κ1) is 12.9. The van der Waals surface area contributed by atoms with Gasteiger partial charge in [0.1, 0.15) is 0 Å². The molecule has 0 radical (unpaired) electrons. The van der Waals surface area contributed by atoms with Crippen LogP contribution in [0.2, 0.25) is 0 Å². The lowest BCUT2D eigenvalue weighted by Gasteiger charge is -2.14. The second kappa shape index (κ2) is 5.92. The van der Waals surface area contributed by atoms with E-state index in [0.29, 0.717) is 0 Å². The van der Waals surface area contributed by atoms with Crippen molar-refractivity contribution in [1.29, 1.82) is 0 Å². The van der Waals surface area contributed by atoms with Gasteiger partial charge in [-0.15, -0.1) is 11.6 Å². The highest BCUT2D eigenvalue weighted by atomic mass is 35.5. The SMILES string of the molecule is ClC(Cc1ccc2ccccc2n1)CC1CCCC1. The molecule has 1 heterocycles. The van der Waals surface area contributed by atoms with Gasteiger partial charge in [0, 0.05) is 22.9 Å². The van der Waals surface area contributed by atoms with Gasteiger partial charge in [-0.2, -0.15) is 0 Å². The van der Waals surface area contributed by atoms with E-state index >= 15 is 0 Å². The van der Waals surface area contributed by atoms with Crippen molar-refractivity contribution in [3.63, 3.8) is 0 Å². The van der Waals surface area contributed by atoms with Crippen molar-refractivity contribution in [3.8, 4) is 0 Å². The van der Waals surface area contributed by atoms with Crippen molar-refractivity contribution in [3.05, 3.63) is 42.1 Å². The lowest BCUT2D eigenvalue weighted by atomic mass is 9.99. The zero-order chi connectivity index (χ0) is 13.1. The van der Waals surface area contributed by atoms with Gasteiger partial charge >= 0.3 is 0 Å². The molecule has 2 aromatic rings. The molecule has 1 saturated carbocycles. The summed E-state index contributed by atoms with van der Waals surface area (Å²) in [5, 5.41) is 1.44. The summed E-state index contributed by atoms with van der Waals surface area (Å²) >= 11 is 6.51. The Hall–Kier alpha value is -1.08. The van der Waals surface area contributed by atoms with Crippen molar-refractivity contribution in [2.45, 2.75) is 43.9 Å². The molecule has 100 valence electrons. The smallest absolute Gasteiger partial charge is 0.0705 e. The van der Waals surface area contributed by atoms with Gasteiger partial charge in [0.25, 0.3) is 0 Å². The minimum absolute atomic E-state index is 0.233. The number of hydrogen-bond acceptors (Lipinski definition) is 1. The van der Waals surface area contributed by atoms with E-state index in [9.17, 15) is 0 Å². The molecule has 0 N–H and O–H groups in total. The number of rotatable bonds is 4. The van der Waals surface area contributed by atoms with E-state index in [4.69, 9.17) is 16.6 Å². The van der Waals surface area contributed by atoms with Crippen LogP contribution in [-0.2, 0) is 6.42 Å². The second-order valence-electron chi connectivity index (χ2n) is 5.68. The first-order valence-corrected chi connectivity index (χ1v) is 7.73. The fraction of sp³-hybridized carbons (Fsp3) is 0.471. The third-order valence-electron chi connectivity index (χ3n) is 4.15. The summed E-state index contributed by atoms with van der Waals surface area (Å²) in [7, 11) is 0. The van der Waals surface area contributed by atoms with Gasteiger partial charge in [-0.05, 0) is 24.5 Å². The molecular formula is C17H20ClN. The first-order chi connectivity index (χ1) is 9.31. The van der Waals surface area contributed by atoms with Crippen LogP contribution in [-0.4, -0.2) is 10.4 Å². The fourth-order valence-electron chi connectivity index (χ4n) is 3.14. The first-order valence-electron chi connectivity index (χ1n) is 7.30. The number of benzene rings is 1. The van der Waals surface area contributed by atoms with Gasteiger partial charge in [0.05, 0.1) is 5.52 Å². The number of halogens is 1. The summed E-state index contributed by atoms with van der Waals surface area (Å²) in [4.78, 5) is 4.71. The van der Waals surface area contributed by atoms with Gasteiger partial charge < -0.3 is 0 Å². The van der Waals surface area contributed by atoms with Crippen molar-refractivity contribution in [2.75, 3.05) is 0 Å². The average Bonchev–Trinajstić information content (AvgIpc) is 2.91. The summed E-state index contributed by atoms with van der Waals surface area (Å²) in [6.07, 6.45) is 7.56. The number of fused-ring (bicyclic) bond motifs is 1. The molecule has 1 atom stereocenters. The third-order valence-corrected chi connectivity index (χ3v) is 4.48. The van der Waals surface area contributed by atoms with Crippen LogP contribution in [0.1, 0.15) is 37.8 Å². The topological polar surface area (TPSA) is 12.9 Å². The molecule has 1 aromatic heterocycles. The van der Waals surface area contributed by atoms with Crippen molar-refractivity contribution in [2.24, 2.45) is 5.92 Å². The lowest BCUT2D eigenvalue weighted by molar-refractivity contribution is 0.487. The van der Waals surface area contributed by atoms with Crippen LogP contribution in [0.5, 0.6) is 0 Å². The van der Waals surface area contributed by atoms with Crippen molar-refractivity contribution in [1.82, 2.24) is 4.98 Å². The van der Waals surface area contributed by atoms with Crippen LogP contribution in [0.4, 0.5) is 0 Å². The Morgan fingerprint density at radius 1 is 1.11 bits per heavy atom. The molecule has 0 bridgehead atoms. The van der Waals surface area contributed by atoms with E-state index in [0.717, 1.165) is 30.0 Å². The Balaban J connectivity index is 1.66. The van der Waals surface area contributed by atoms with Gasteiger partial charge in [0.2, 0.25) is 0 Å². The molecule has 0 saturated heterocycles.